The molecule has 2 rings (SSSR count). The number of halogens is 1. The first-order valence-electron chi connectivity index (χ1n) is 6.74. The van der Waals surface area contributed by atoms with Gasteiger partial charge in [0, 0.05) is 18.0 Å². The average Bonchev–Trinajstić information content (AvgIpc) is 3.04. The standard InChI is InChI=1S/C15H20BrNO2S/c1-11(2)9-18-10-13(14-4-3-7-19-14)17-8-12-5-6-15(16)20-12/h3-7,11,13,17H,8-10H2,1-2H3. The van der Waals surface area contributed by atoms with Gasteiger partial charge in [-0.3, -0.25) is 0 Å². The lowest BCUT2D eigenvalue weighted by Crippen LogP contribution is -2.25. The van der Waals surface area contributed by atoms with Gasteiger partial charge in [0.25, 0.3) is 0 Å². The highest BCUT2D eigenvalue weighted by Crippen LogP contribution is 2.23. The lowest BCUT2D eigenvalue weighted by Gasteiger charge is -2.17. The van der Waals surface area contributed by atoms with Crippen molar-refractivity contribution in [3.05, 3.63) is 45.0 Å². The fraction of sp³-hybridized carbons (Fsp3) is 0.467. The third-order valence-electron chi connectivity index (χ3n) is 2.77. The van der Waals surface area contributed by atoms with Gasteiger partial charge in [-0.1, -0.05) is 13.8 Å². The summed E-state index contributed by atoms with van der Waals surface area (Å²) in [6.07, 6.45) is 1.70. The molecular weight excluding hydrogens is 338 g/mol. The quantitative estimate of drug-likeness (QED) is 0.749. The summed E-state index contributed by atoms with van der Waals surface area (Å²) in [4.78, 5) is 1.29. The van der Waals surface area contributed by atoms with Crippen LogP contribution in [0.2, 0.25) is 0 Å². The summed E-state index contributed by atoms with van der Waals surface area (Å²) in [5, 5.41) is 3.50. The van der Waals surface area contributed by atoms with Crippen molar-refractivity contribution in [1.82, 2.24) is 5.32 Å². The predicted octanol–water partition coefficient (Wildman–Crippen LogP) is 4.61. The molecule has 0 amide bonds. The van der Waals surface area contributed by atoms with Crippen molar-refractivity contribution in [3.8, 4) is 0 Å². The Morgan fingerprint density at radius 2 is 2.15 bits per heavy atom. The molecular formula is C15H20BrNO2S. The molecule has 0 radical (unpaired) electrons. The van der Waals surface area contributed by atoms with Crippen molar-refractivity contribution in [3.63, 3.8) is 0 Å². The van der Waals surface area contributed by atoms with Gasteiger partial charge >= 0.3 is 0 Å². The summed E-state index contributed by atoms with van der Waals surface area (Å²) in [6.45, 7) is 6.51. The van der Waals surface area contributed by atoms with E-state index in [9.17, 15) is 0 Å². The molecule has 0 bridgehead atoms. The molecule has 0 aliphatic rings. The first kappa shape index (κ1) is 15.8. The Bertz CT molecular complexity index is 496. The van der Waals surface area contributed by atoms with Crippen molar-refractivity contribution in [2.75, 3.05) is 13.2 Å². The zero-order valence-corrected chi connectivity index (χ0v) is 14.2. The Morgan fingerprint density at radius 1 is 1.30 bits per heavy atom. The highest BCUT2D eigenvalue weighted by molar-refractivity contribution is 9.11. The third kappa shape index (κ3) is 5.05. The van der Waals surface area contributed by atoms with Crippen LogP contribution in [0.4, 0.5) is 0 Å². The second kappa shape index (κ2) is 7.98. The minimum atomic E-state index is 0.0876. The van der Waals surface area contributed by atoms with Gasteiger partial charge in [-0.15, -0.1) is 11.3 Å². The number of furan rings is 1. The topological polar surface area (TPSA) is 34.4 Å². The van der Waals surface area contributed by atoms with Crippen molar-refractivity contribution in [2.45, 2.75) is 26.4 Å². The van der Waals surface area contributed by atoms with E-state index in [4.69, 9.17) is 9.15 Å². The third-order valence-corrected chi connectivity index (χ3v) is 4.40. The molecule has 0 aliphatic carbocycles. The van der Waals surface area contributed by atoms with Crippen LogP contribution >= 0.6 is 27.3 Å². The van der Waals surface area contributed by atoms with Gasteiger partial charge in [0.15, 0.2) is 0 Å². The highest BCUT2D eigenvalue weighted by Gasteiger charge is 2.15. The zero-order valence-electron chi connectivity index (χ0n) is 11.8. The molecule has 0 fully saturated rings. The molecule has 1 N–H and O–H groups in total. The van der Waals surface area contributed by atoms with Crippen LogP contribution in [0.15, 0.2) is 38.7 Å². The van der Waals surface area contributed by atoms with E-state index >= 15 is 0 Å². The van der Waals surface area contributed by atoms with Crippen LogP contribution in [0.5, 0.6) is 0 Å². The van der Waals surface area contributed by atoms with Crippen LogP contribution in [0.25, 0.3) is 0 Å². The molecule has 0 saturated carbocycles. The van der Waals surface area contributed by atoms with Crippen LogP contribution in [-0.4, -0.2) is 13.2 Å². The van der Waals surface area contributed by atoms with E-state index in [1.165, 1.54) is 4.88 Å². The number of rotatable bonds is 8. The van der Waals surface area contributed by atoms with Gasteiger partial charge in [-0.2, -0.15) is 0 Å². The first-order chi connectivity index (χ1) is 9.65. The van der Waals surface area contributed by atoms with Crippen molar-refractivity contribution in [2.24, 2.45) is 5.92 Å². The number of nitrogens with one attached hydrogen (secondary N) is 1. The van der Waals surface area contributed by atoms with Crippen LogP contribution in [-0.2, 0) is 11.3 Å². The minimum Gasteiger partial charge on any atom is -0.468 e. The molecule has 2 aromatic heterocycles. The smallest absolute Gasteiger partial charge is 0.123 e. The maximum absolute atomic E-state index is 5.75. The van der Waals surface area contributed by atoms with Gasteiger partial charge in [0.05, 0.1) is 22.7 Å². The molecule has 0 saturated heterocycles. The van der Waals surface area contributed by atoms with Crippen LogP contribution in [0.1, 0.15) is 30.5 Å². The Kier molecular flexibility index (Phi) is 6.29. The second-order valence-corrected chi connectivity index (χ2v) is 7.63. The molecule has 1 unspecified atom stereocenters. The van der Waals surface area contributed by atoms with E-state index in [-0.39, 0.29) is 6.04 Å². The molecule has 2 aromatic rings. The van der Waals surface area contributed by atoms with Gasteiger partial charge in [-0.25, -0.2) is 0 Å². The van der Waals surface area contributed by atoms with Gasteiger partial charge < -0.3 is 14.5 Å². The van der Waals surface area contributed by atoms with Crippen molar-refractivity contribution >= 4 is 27.3 Å². The van der Waals surface area contributed by atoms with E-state index < -0.39 is 0 Å². The summed E-state index contributed by atoms with van der Waals surface area (Å²) in [6, 6.07) is 8.17. The SMILES string of the molecule is CC(C)COCC(NCc1ccc(Br)s1)c1ccco1. The Hall–Kier alpha value is -0.620. The summed E-state index contributed by atoms with van der Waals surface area (Å²) in [7, 11) is 0. The summed E-state index contributed by atoms with van der Waals surface area (Å²) >= 11 is 5.22. The molecule has 5 heteroatoms. The number of thiophene rings is 1. The Labute approximate surface area is 132 Å². The maximum atomic E-state index is 5.75. The second-order valence-electron chi connectivity index (χ2n) is 5.09. The number of hydrogen-bond donors (Lipinski definition) is 1. The number of hydrogen-bond acceptors (Lipinski definition) is 4. The van der Waals surface area contributed by atoms with Crippen LogP contribution < -0.4 is 5.32 Å². The van der Waals surface area contributed by atoms with E-state index in [0.29, 0.717) is 12.5 Å². The molecule has 1 atom stereocenters. The molecule has 110 valence electrons. The Balaban J connectivity index is 1.89. The molecule has 2 heterocycles. The van der Waals surface area contributed by atoms with Gasteiger partial charge in [-0.05, 0) is 46.1 Å². The normalized spacial score (nSPS) is 13.0. The summed E-state index contributed by atoms with van der Waals surface area (Å²) < 4.78 is 12.4. The lowest BCUT2D eigenvalue weighted by atomic mass is 10.2. The van der Waals surface area contributed by atoms with Crippen LogP contribution in [0.3, 0.4) is 0 Å². The summed E-state index contributed by atoms with van der Waals surface area (Å²) in [5.74, 6) is 1.46. The zero-order chi connectivity index (χ0) is 14.4. The van der Waals surface area contributed by atoms with Gasteiger partial charge in [0.2, 0.25) is 0 Å². The predicted molar refractivity (Wildman–Crippen MR) is 86.0 cm³/mol. The Morgan fingerprint density at radius 3 is 2.75 bits per heavy atom. The van der Waals surface area contributed by atoms with E-state index in [0.717, 1.165) is 22.7 Å². The summed E-state index contributed by atoms with van der Waals surface area (Å²) in [5.41, 5.74) is 0. The molecule has 20 heavy (non-hydrogen) atoms. The fourth-order valence-electron chi connectivity index (χ4n) is 1.82. The van der Waals surface area contributed by atoms with E-state index in [2.05, 4.69) is 47.2 Å². The minimum absolute atomic E-state index is 0.0876. The van der Waals surface area contributed by atoms with Crippen LogP contribution in [0, 0.1) is 5.92 Å². The molecule has 0 aromatic carbocycles. The molecule has 0 spiro atoms. The monoisotopic (exact) mass is 357 g/mol. The fourth-order valence-corrected chi connectivity index (χ4v) is 3.26. The van der Waals surface area contributed by atoms with E-state index in [1.54, 1.807) is 17.6 Å². The maximum Gasteiger partial charge on any atom is 0.123 e. The lowest BCUT2D eigenvalue weighted by molar-refractivity contribution is 0.0845. The highest BCUT2D eigenvalue weighted by atomic mass is 79.9. The largest absolute Gasteiger partial charge is 0.468 e. The first-order valence-corrected chi connectivity index (χ1v) is 8.35. The molecule has 0 aliphatic heterocycles. The van der Waals surface area contributed by atoms with E-state index in [1.807, 2.05) is 12.1 Å². The average molecular weight is 358 g/mol. The number of ether oxygens (including phenoxy) is 1. The van der Waals surface area contributed by atoms with Gasteiger partial charge in [0.1, 0.15) is 5.76 Å². The van der Waals surface area contributed by atoms with Crippen molar-refractivity contribution < 1.29 is 9.15 Å². The molecule has 3 nitrogen and oxygen atoms in total. The van der Waals surface area contributed by atoms with Crippen molar-refractivity contribution in [1.29, 1.82) is 0 Å².